The van der Waals surface area contributed by atoms with Gasteiger partial charge >= 0.3 is 5.97 Å². The zero-order chi connectivity index (χ0) is 18.4. The average Bonchev–Trinajstić information content (AvgIpc) is 2.61. The molecule has 1 amide bonds. The van der Waals surface area contributed by atoms with Crippen LogP contribution in [-0.2, 0) is 4.79 Å². The Morgan fingerprint density at radius 1 is 1.04 bits per heavy atom. The Labute approximate surface area is 145 Å². The van der Waals surface area contributed by atoms with Gasteiger partial charge in [-0.05, 0) is 42.8 Å². The molecule has 130 valence electrons. The van der Waals surface area contributed by atoms with E-state index in [1.165, 1.54) is 13.2 Å². The Kier molecular flexibility index (Phi) is 5.79. The summed E-state index contributed by atoms with van der Waals surface area (Å²) in [6.45, 7) is 1.65. The minimum absolute atomic E-state index is 0.0368. The lowest BCUT2D eigenvalue weighted by molar-refractivity contribution is -0.112. The average molecular weight is 341 g/mol. The molecule has 2 aromatic carbocycles. The summed E-state index contributed by atoms with van der Waals surface area (Å²) < 4.78 is 10.4. The minimum Gasteiger partial charge on any atom is -0.493 e. The first-order valence-corrected chi connectivity index (χ1v) is 7.50. The zero-order valence-corrected chi connectivity index (χ0v) is 14.2. The van der Waals surface area contributed by atoms with Gasteiger partial charge in [-0.2, -0.15) is 0 Å². The van der Waals surface area contributed by atoms with Crippen molar-refractivity contribution < 1.29 is 24.2 Å². The largest absolute Gasteiger partial charge is 0.493 e. The molecule has 0 atom stereocenters. The van der Waals surface area contributed by atoms with Crippen LogP contribution in [0.1, 0.15) is 22.8 Å². The number of carbonyl (C=O) groups is 2. The number of nitrogens with one attached hydrogen (secondary N) is 1. The van der Waals surface area contributed by atoms with Gasteiger partial charge in [0.05, 0.1) is 25.5 Å². The number of hydrogen-bond acceptors (Lipinski definition) is 4. The quantitative estimate of drug-likeness (QED) is 0.786. The third-order valence-electron chi connectivity index (χ3n) is 3.55. The number of anilines is 1. The van der Waals surface area contributed by atoms with Gasteiger partial charge in [0.2, 0.25) is 0 Å². The summed E-state index contributed by atoms with van der Waals surface area (Å²) in [6.07, 6.45) is 1.68. The number of methoxy groups -OCH3 is 2. The van der Waals surface area contributed by atoms with Gasteiger partial charge in [0.1, 0.15) is 0 Å². The van der Waals surface area contributed by atoms with Gasteiger partial charge in [-0.25, -0.2) is 4.79 Å². The Morgan fingerprint density at radius 2 is 1.72 bits per heavy atom. The SMILES string of the molecule is COc1ccc(C=C(C)C(=O)Nc2ccccc2C(=O)O)cc1OC. The summed E-state index contributed by atoms with van der Waals surface area (Å²) in [7, 11) is 3.08. The van der Waals surface area contributed by atoms with Crippen molar-refractivity contribution in [2.45, 2.75) is 6.92 Å². The van der Waals surface area contributed by atoms with Crippen LogP contribution in [0.3, 0.4) is 0 Å². The molecule has 2 N–H and O–H groups in total. The fraction of sp³-hybridized carbons (Fsp3) is 0.158. The van der Waals surface area contributed by atoms with Crippen molar-refractivity contribution in [3.63, 3.8) is 0 Å². The molecule has 0 unspecified atom stereocenters. The van der Waals surface area contributed by atoms with Gasteiger partial charge in [0.25, 0.3) is 5.91 Å². The number of carbonyl (C=O) groups excluding carboxylic acids is 1. The first kappa shape index (κ1) is 18.1. The summed E-state index contributed by atoms with van der Waals surface area (Å²) in [5.74, 6) is -0.335. The zero-order valence-electron chi connectivity index (χ0n) is 14.2. The maximum absolute atomic E-state index is 12.3. The molecule has 25 heavy (non-hydrogen) atoms. The highest BCUT2D eigenvalue weighted by Gasteiger charge is 2.13. The number of carboxylic acid groups (broad SMARTS) is 1. The number of para-hydroxylation sites is 1. The summed E-state index contributed by atoms with van der Waals surface area (Å²) in [5.41, 5.74) is 1.47. The van der Waals surface area contributed by atoms with Crippen LogP contribution in [-0.4, -0.2) is 31.2 Å². The number of benzene rings is 2. The molecule has 6 nitrogen and oxygen atoms in total. The number of carboxylic acids is 1. The Bertz CT molecular complexity index is 826. The molecule has 0 aliphatic rings. The van der Waals surface area contributed by atoms with E-state index in [1.54, 1.807) is 56.5 Å². The van der Waals surface area contributed by atoms with Crippen LogP contribution in [0, 0.1) is 0 Å². The summed E-state index contributed by atoms with van der Waals surface area (Å²) in [4.78, 5) is 23.5. The second kappa shape index (κ2) is 8.01. The maximum Gasteiger partial charge on any atom is 0.337 e. The third kappa shape index (κ3) is 4.38. The van der Waals surface area contributed by atoms with Gasteiger partial charge in [0, 0.05) is 5.57 Å². The van der Waals surface area contributed by atoms with Crippen LogP contribution >= 0.6 is 0 Å². The lowest BCUT2D eigenvalue weighted by Crippen LogP contribution is -2.15. The smallest absolute Gasteiger partial charge is 0.337 e. The van der Waals surface area contributed by atoms with E-state index >= 15 is 0 Å². The molecule has 2 rings (SSSR count). The fourth-order valence-electron chi connectivity index (χ4n) is 2.26. The number of rotatable bonds is 6. The van der Waals surface area contributed by atoms with E-state index in [-0.39, 0.29) is 17.2 Å². The number of hydrogen-bond donors (Lipinski definition) is 2. The van der Waals surface area contributed by atoms with Crippen LogP contribution in [0.15, 0.2) is 48.0 Å². The van der Waals surface area contributed by atoms with E-state index in [0.717, 1.165) is 5.56 Å². The van der Waals surface area contributed by atoms with Crippen molar-refractivity contribution in [1.82, 2.24) is 0 Å². The molecule has 0 spiro atoms. The van der Waals surface area contributed by atoms with E-state index in [9.17, 15) is 9.59 Å². The minimum atomic E-state index is -1.10. The van der Waals surface area contributed by atoms with E-state index < -0.39 is 5.97 Å². The predicted octanol–water partition coefficient (Wildman–Crippen LogP) is 3.44. The predicted molar refractivity (Wildman–Crippen MR) is 95.2 cm³/mol. The van der Waals surface area contributed by atoms with Crippen LogP contribution < -0.4 is 14.8 Å². The van der Waals surface area contributed by atoms with Gasteiger partial charge in [-0.1, -0.05) is 18.2 Å². The number of ether oxygens (including phenoxy) is 2. The van der Waals surface area contributed by atoms with Crippen molar-refractivity contribution in [1.29, 1.82) is 0 Å². The molecule has 0 radical (unpaired) electrons. The van der Waals surface area contributed by atoms with Crippen LogP contribution in [0.5, 0.6) is 11.5 Å². The van der Waals surface area contributed by atoms with Crippen LogP contribution in [0.25, 0.3) is 6.08 Å². The number of aromatic carboxylic acids is 1. The molecule has 0 fully saturated rings. The van der Waals surface area contributed by atoms with Crippen molar-refractivity contribution in [3.05, 3.63) is 59.2 Å². The highest BCUT2D eigenvalue weighted by molar-refractivity contribution is 6.09. The van der Waals surface area contributed by atoms with Crippen LogP contribution in [0.4, 0.5) is 5.69 Å². The highest BCUT2D eigenvalue weighted by atomic mass is 16.5. The highest BCUT2D eigenvalue weighted by Crippen LogP contribution is 2.28. The van der Waals surface area contributed by atoms with Gasteiger partial charge in [-0.15, -0.1) is 0 Å². The lowest BCUT2D eigenvalue weighted by Gasteiger charge is -2.10. The topological polar surface area (TPSA) is 84.9 Å². The molecule has 0 aliphatic heterocycles. The van der Waals surface area contributed by atoms with Gasteiger partial charge < -0.3 is 19.9 Å². The number of amides is 1. The Morgan fingerprint density at radius 3 is 2.36 bits per heavy atom. The molecular weight excluding hydrogens is 322 g/mol. The third-order valence-corrected chi connectivity index (χ3v) is 3.55. The van der Waals surface area contributed by atoms with Crippen molar-refractivity contribution >= 4 is 23.6 Å². The fourth-order valence-corrected chi connectivity index (χ4v) is 2.26. The Hall–Kier alpha value is -3.28. The lowest BCUT2D eigenvalue weighted by atomic mass is 10.1. The van der Waals surface area contributed by atoms with Crippen molar-refractivity contribution in [2.75, 3.05) is 19.5 Å². The normalized spacial score (nSPS) is 10.9. The molecule has 0 saturated heterocycles. The van der Waals surface area contributed by atoms with Crippen molar-refractivity contribution in [3.8, 4) is 11.5 Å². The van der Waals surface area contributed by atoms with Gasteiger partial charge in [-0.3, -0.25) is 4.79 Å². The molecular formula is C19H19NO5. The summed E-state index contributed by atoms with van der Waals surface area (Å²) in [5, 5.41) is 11.8. The monoisotopic (exact) mass is 341 g/mol. The molecule has 0 aromatic heterocycles. The van der Waals surface area contributed by atoms with Crippen molar-refractivity contribution in [2.24, 2.45) is 0 Å². The molecule has 0 aliphatic carbocycles. The van der Waals surface area contributed by atoms with E-state index in [2.05, 4.69) is 5.32 Å². The first-order chi connectivity index (χ1) is 12.0. The molecule has 2 aromatic rings. The second-order valence-electron chi connectivity index (χ2n) is 5.25. The summed E-state index contributed by atoms with van der Waals surface area (Å²) in [6, 6.07) is 11.5. The first-order valence-electron chi connectivity index (χ1n) is 7.50. The standard InChI is InChI=1S/C19H19NO5/c1-12(10-13-8-9-16(24-2)17(11-13)25-3)18(21)20-15-7-5-4-6-14(15)19(22)23/h4-11H,1-3H3,(H,20,21)(H,22,23). The Balaban J connectivity index is 2.23. The van der Waals surface area contributed by atoms with E-state index in [1.807, 2.05) is 0 Å². The molecule has 0 heterocycles. The van der Waals surface area contributed by atoms with E-state index in [0.29, 0.717) is 17.1 Å². The van der Waals surface area contributed by atoms with Crippen LogP contribution in [0.2, 0.25) is 0 Å². The maximum atomic E-state index is 12.3. The van der Waals surface area contributed by atoms with E-state index in [4.69, 9.17) is 14.6 Å². The molecule has 0 bridgehead atoms. The summed E-state index contributed by atoms with van der Waals surface area (Å²) >= 11 is 0. The molecule has 6 heteroatoms. The van der Waals surface area contributed by atoms with Gasteiger partial charge in [0.15, 0.2) is 11.5 Å². The molecule has 0 saturated carbocycles. The second-order valence-corrected chi connectivity index (χ2v) is 5.25.